The summed E-state index contributed by atoms with van der Waals surface area (Å²) in [6.45, 7) is 7.70. The standard InChI is InChI=1S/C13H18ClN/c1-9-7-11(14)8-12(10(9)2)13(3)5-4-6-15-13/h7-8,15H,4-6H2,1-3H3. The van der Waals surface area contributed by atoms with Gasteiger partial charge in [0.25, 0.3) is 0 Å². The fourth-order valence-corrected chi connectivity index (χ4v) is 2.79. The highest BCUT2D eigenvalue weighted by atomic mass is 35.5. The first-order chi connectivity index (χ1) is 7.03. The van der Waals surface area contributed by atoms with Gasteiger partial charge < -0.3 is 5.32 Å². The van der Waals surface area contributed by atoms with Crippen molar-refractivity contribution in [1.82, 2.24) is 5.32 Å². The van der Waals surface area contributed by atoms with Crippen LogP contribution in [0.4, 0.5) is 0 Å². The van der Waals surface area contributed by atoms with Gasteiger partial charge in [-0.25, -0.2) is 0 Å². The maximum absolute atomic E-state index is 6.13. The van der Waals surface area contributed by atoms with Crippen molar-refractivity contribution >= 4 is 11.6 Å². The van der Waals surface area contributed by atoms with E-state index in [1.165, 1.54) is 29.5 Å². The summed E-state index contributed by atoms with van der Waals surface area (Å²) in [6, 6.07) is 4.15. The molecule has 0 aromatic heterocycles. The number of benzene rings is 1. The molecular formula is C13H18ClN. The number of halogens is 1. The van der Waals surface area contributed by atoms with Gasteiger partial charge >= 0.3 is 0 Å². The second kappa shape index (κ2) is 3.80. The number of rotatable bonds is 1. The first-order valence-electron chi connectivity index (χ1n) is 5.55. The van der Waals surface area contributed by atoms with Gasteiger partial charge in [-0.05, 0) is 69.0 Å². The Morgan fingerprint density at radius 1 is 1.33 bits per heavy atom. The molecule has 2 rings (SSSR count). The van der Waals surface area contributed by atoms with Crippen LogP contribution in [-0.2, 0) is 5.54 Å². The molecule has 1 fully saturated rings. The second-order valence-electron chi connectivity index (χ2n) is 4.76. The first-order valence-corrected chi connectivity index (χ1v) is 5.93. The summed E-state index contributed by atoms with van der Waals surface area (Å²) in [5.41, 5.74) is 4.15. The minimum Gasteiger partial charge on any atom is -0.308 e. The van der Waals surface area contributed by atoms with Crippen LogP contribution in [0.3, 0.4) is 0 Å². The van der Waals surface area contributed by atoms with Gasteiger partial charge in [-0.2, -0.15) is 0 Å². The Balaban J connectivity index is 2.51. The van der Waals surface area contributed by atoms with Gasteiger partial charge in [-0.3, -0.25) is 0 Å². The monoisotopic (exact) mass is 223 g/mol. The van der Waals surface area contributed by atoms with Crippen LogP contribution in [0.25, 0.3) is 0 Å². The third-order valence-corrected chi connectivity index (χ3v) is 3.81. The van der Waals surface area contributed by atoms with E-state index in [-0.39, 0.29) is 5.54 Å². The average Bonchev–Trinajstić information content (AvgIpc) is 2.59. The van der Waals surface area contributed by atoms with Crippen molar-refractivity contribution < 1.29 is 0 Å². The van der Waals surface area contributed by atoms with Gasteiger partial charge in [-0.1, -0.05) is 11.6 Å². The zero-order valence-corrected chi connectivity index (χ0v) is 10.4. The quantitative estimate of drug-likeness (QED) is 0.768. The van der Waals surface area contributed by atoms with Crippen LogP contribution < -0.4 is 5.32 Å². The van der Waals surface area contributed by atoms with Crippen molar-refractivity contribution in [1.29, 1.82) is 0 Å². The highest BCUT2D eigenvalue weighted by Crippen LogP contribution is 2.35. The van der Waals surface area contributed by atoms with E-state index < -0.39 is 0 Å². The van der Waals surface area contributed by atoms with E-state index in [0.717, 1.165) is 11.6 Å². The maximum Gasteiger partial charge on any atom is 0.0412 e. The van der Waals surface area contributed by atoms with Gasteiger partial charge in [0.05, 0.1) is 0 Å². The summed E-state index contributed by atoms with van der Waals surface area (Å²) in [4.78, 5) is 0. The lowest BCUT2D eigenvalue weighted by Crippen LogP contribution is -2.34. The number of nitrogens with one attached hydrogen (secondary N) is 1. The van der Waals surface area contributed by atoms with Crippen LogP contribution in [0, 0.1) is 13.8 Å². The largest absolute Gasteiger partial charge is 0.308 e. The van der Waals surface area contributed by atoms with E-state index in [2.05, 4.69) is 32.2 Å². The molecule has 0 bridgehead atoms. The number of hydrogen-bond acceptors (Lipinski definition) is 1. The van der Waals surface area contributed by atoms with Gasteiger partial charge in [0.15, 0.2) is 0 Å². The molecule has 0 amide bonds. The summed E-state index contributed by atoms with van der Waals surface area (Å²) < 4.78 is 0. The Morgan fingerprint density at radius 3 is 2.67 bits per heavy atom. The molecule has 1 saturated heterocycles. The van der Waals surface area contributed by atoms with Crippen molar-refractivity contribution in [3.05, 3.63) is 33.8 Å². The molecule has 82 valence electrons. The molecule has 1 aliphatic rings. The van der Waals surface area contributed by atoms with Gasteiger partial charge in [-0.15, -0.1) is 0 Å². The molecule has 1 atom stereocenters. The third kappa shape index (κ3) is 1.91. The molecule has 2 heteroatoms. The first kappa shape index (κ1) is 11.0. The smallest absolute Gasteiger partial charge is 0.0412 e. The molecule has 0 radical (unpaired) electrons. The molecule has 1 nitrogen and oxygen atoms in total. The van der Waals surface area contributed by atoms with E-state index in [1.807, 2.05) is 6.07 Å². The summed E-state index contributed by atoms with van der Waals surface area (Å²) in [7, 11) is 0. The zero-order chi connectivity index (χ0) is 11.1. The Bertz CT molecular complexity index is 378. The van der Waals surface area contributed by atoms with E-state index in [4.69, 9.17) is 11.6 Å². The normalized spacial score (nSPS) is 25.9. The van der Waals surface area contributed by atoms with Crippen molar-refractivity contribution in [3.63, 3.8) is 0 Å². The second-order valence-corrected chi connectivity index (χ2v) is 5.19. The Labute approximate surface area is 96.8 Å². The molecule has 1 aliphatic heterocycles. The molecule has 0 saturated carbocycles. The number of hydrogen-bond donors (Lipinski definition) is 1. The summed E-state index contributed by atoms with van der Waals surface area (Å²) in [5, 5.41) is 4.44. The Morgan fingerprint density at radius 2 is 2.07 bits per heavy atom. The van der Waals surface area contributed by atoms with Crippen molar-refractivity contribution in [2.24, 2.45) is 0 Å². The summed E-state index contributed by atoms with van der Waals surface area (Å²) in [6.07, 6.45) is 2.45. The fourth-order valence-electron chi connectivity index (χ4n) is 2.51. The van der Waals surface area contributed by atoms with E-state index in [9.17, 15) is 0 Å². The average molecular weight is 224 g/mol. The van der Waals surface area contributed by atoms with Gasteiger partial charge in [0, 0.05) is 10.6 Å². The van der Waals surface area contributed by atoms with Crippen LogP contribution in [0.5, 0.6) is 0 Å². The molecule has 1 heterocycles. The van der Waals surface area contributed by atoms with Crippen molar-refractivity contribution in [2.75, 3.05) is 6.54 Å². The molecule has 0 spiro atoms. The summed E-state index contributed by atoms with van der Waals surface area (Å²) >= 11 is 6.13. The topological polar surface area (TPSA) is 12.0 Å². The third-order valence-electron chi connectivity index (χ3n) is 3.60. The minimum absolute atomic E-state index is 0.125. The maximum atomic E-state index is 6.13. The van der Waals surface area contributed by atoms with Crippen LogP contribution >= 0.6 is 11.6 Å². The van der Waals surface area contributed by atoms with E-state index in [0.29, 0.717) is 0 Å². The van der Waals surface area contributed by atoms with Crippen LogP contribution in [0.2, 0.25) is 5.02 Å². The van der Waals surface area contributed by atoms with Crippen LogP contribution in [0.1, 0.15) is 36.5 Å². The van der Waals surface area contributed by atoms with Crippen LogP contribution in [-0.4, -0.2) is 6.54 Å². The molecule has 1 aromatic rings. The van der Waals surface area contributed by atoms with E-state index in [1.54, 1.807) is 0 Å². The van der Waals surface area contributed by atoms with Crippen molar-refractivity contribution in [3.8, 4) is 0 Å². The SMILES string of the molecule is Cc1cc(Cl)cc(C2(C)CCCN2)c1C. The van der Waals surface area contributed by atoms with E-state index >= 15 is 0 Å². The molecule has 15 heavy (non-hydrogen) atoms. The molecular weight excluding hydrogens is 206 g/mol. The highest BCUT2D eigenvalue weighted by molar-refractivity contribution is 6.30. The summed E-state index contributed by atoms with van der Waals surface area (Å²) in [5.74, 6) is 0. The lowest BCUT2D eigenvalue weighted by atomic mass is 9.86. The zero-order valence-electron chi connectivity index (χ0n) is 9.65. The van der Waals surface area contributed by atoms with Gasteiger partial charge in [0.2, 0.25) is 0 Å². The van der Waals surface area contributed by atoms with Crippen molar-refractivity contribution in [2.45, 2.75) is 39.2 Å². The van der Waals surface area contributed by atoms with Gasteiger partial charge in [0.1, 0.15) is 0 Å². The number of aryl methyl sites for hydroxylation is 1. The Kier molecular flexibility index (Phi) is 2.78. The lowest BCUT2D eigenvalue weighted by molar-refractivity contribution is 0.432. The molecule has 1 N–H and O–H groups in total. The molecule has 0 aliphatic carbocycles. The molecule has 1 aromatic carbocycles. The van der Waals surface area contributed by atoms with Crippen LogP contribution in [0.15, 0.2) is 12.1 Å². The molecule has 1 unspecified atom stereocenters. The predicted molar refractivity (Wildman–Crippen MR) is 65.5 cm³/mol. The minimum atomic E-state index is 0.125. The Hall–Kier alpha value is -0.530. The fraction of sp³-hybridized carbons (Fsp3) is 0.538. The predicted octanol–water partition coefficient (Wildman–Crippen LogP) is 3.56. The highest BCUT2D eigenvalue weighted by Gasteiger charge is 2.31. The lowest BCUT2D eigenvalue weighted by Gasteiger charge is -2.28.